The van der Waals surface area contributed by atoms with Gasteiger partial charge in [0.15, 0.2) is 5.65 Å². The molecular weight excluding hydrogens is 245 g/mol. The van der Waals surface area contributed by atoms with Gasteiger partial charge in [-0.25, -0.2) is 15.0 Å². The van der Waals surface area contributed by atoms with E-state index in [2.05, 4.69) is 25.3 Å². The third-order valence-corrected chi connectivity index (χ3v) is 2.77. The molecule has 0 unspecified atom stereocenters. The summed E-state index contributed by atoms with van der Waals surface area (Å²) in [5, 5.41) is 3.12. The van der Waals surface area contributed by atoms with E-state index in [1.807, 2.05) is 13.0 Å². The first-order valence-corrected chi connectivity index (χ1v) is 5.89. The van der Waals surface area contributed by atoms with Crippen molar-refractivity contribution in [3.05, 3.63) is 47.8 Å². The molecule has 5 nitrogen and oxygen atoms in total. The minimum Gasteiger partial charge on any atom is -0.363 e. The number of aryl methyl sites for hydroxylation is 1. The average molecular weight is 257 g/mol. The van der Waals surface area contributed by atoms with Crippen LogP contribution in [0.1, 0.15) is 11.4 Å². The van der Waals surface area contributed by atoms with Crippen molar-refractivity contribution < 1.29 is 4.39 Å². The van der Waals surface area contributed by atoms with Crippen LogP contribution in [0.5, 0.6) is 0 Å². The first-order chi connectivity index (χ1) is 9.22. The van der Waals surface area contributed by atoms with Gasteiger partial charge >= 0.3 is 0 Å². The van der Waals surface area contributed by atoms with Crippen LogP contribution in [0.25, 0.3) is 11.2 Å². The fourth-order valence-electron chi connectivity index (χ4n) is 1.84. The predicted molar refractivity (Wildman–Crippen MR) is 70.1 cm³/mol. The van der Waals surface area contributed by atoms with Gasteiger partial charge in [0.05, 0.1) is 17.9 Å². The largest absolute Gasteiger partial charge is 0.363 e. The van der Waals surface area contributed by atoms with Crippen molar-refractivity contribution in [2.24, 2.45) is 0 Å². The van der Waals surface area contributed by atoms with Crippen molar-refractivity contribution in [3.63, 3.8) is 0 Å². The summed E-state index contributed by atoms with van der Waals surface area (Å²) in [5.41, 5.74) is 2.95. The fraction of sp³-hybridized carbons (Fsp3) is 0.154. The molecule has 0 atom stereocenters. The van der Waals surface area contributed by atoms with Crippen LogP contribution in [0, 0.1) is 12.9 Å². The molecule has 3 heterocycles. The molecule has 0 saturated carbocycles. The number of aromatic nitrogens is 4. The minimum absolute atomic E-state index is 0.406. The number of aromatic amines is 1. The molecule has 0 saturated heterocycles. The van der Waals surface area contributed by atoms with Crippen LogP contribution >= 0.6 is 0 Å². The normalized spacial score (nSPS) is 10.8. The average Bonchev–Trinajstić information content (AvgIpc) is 2.83. The lowest BCUT2D eigenvalue weighted by molar-refractivity contribution is 0.578. The predicted octanol–water partition coefficient (Wildman–Crippen LogP) is 2.41. The Balaban J connectivity index is 1.83. The van der Waals surface area contributed by atoms with Gasteiger partial charge in [0.2, 0.25) is 5.95 Å². The highest BCUT2D eigenvalue weighted by Crippen LogP contribution is 2.15. The summed E-state index contributed by atoms with van der Waals surface area (Å²) in [6, 6.07) is 6.56. The Hall–Kier alpha value is -2.50. The van der Waals surface area contributed by atoms with Crippen LogP contribution in [-0.4, -0.2) is 19.9 Å². The van der Waals surface area contributed by atoms with E-state index in [0.29, 0.717) is 18.1 Å². The van der Waals surface area contributed by atoms with Gasteiger partial charge in [0.1, 0.15) is 11.3 Å². The highest BCUT2D eigenvalue weighted by molar-refractivity contribution is 5.72. The molecule has 0 aromatic carbocycles. The maximum Gasteiger partial charge on any atom is 0.213 e. The molecule has 0 aliphatic carbocycles. The van der Waals surface area contributed by atoms with Gasteiger partial charge < -0.3 is 10.3 Å². The van der Waals surface area contributed by atoms with Crippen LogP contribution < -0.4 is 5.32 Å². The number of anilines is 1. The highest BCUT2D eigenvalue weighted by Gasteiger charge is 2.06. The van der Waals surface area contributed by atoms with Gasteiger partial charge in [-0.3, -0.25) is 0 Å². The zero-order valence-electron chi connectivity index (χ0n) is 10.3. The number of rotatable bonds is 3. The Morgan fingerprint density at radius 2 is 2.11 bits per heavy atom. The zero-order chi connectivity index (χ0) is 13.2. The Morgan fingerprint density at radius 3 is 2.95 bits per heavy atom. The molecule has 3 rings (SSSR count). The molecule has 0 amide bonds. The van der Waals surface area contributed by atoms with Crippen LogP contribution in [-0.2, 0) is 6.54 Å². The van der Waals surface area contributed by atoms with Crippen LogP contribution in [0.3, 0.4) is 0 Å². The number of nitrogens with zero attached hydrogens (tertiary/aromatic N) is 3. The van der Waals surface area contributed by atoms with Gasteiger partial charge in [-0.1, -0.05) is 6.07 Å². The van der Waals surface area contributed by atoms with Crippen molar-refractivity contribution in [2.75, 3.05) is 5.32 Å². The van der Waals surface area contributed by atoms with Crippen LogP contribution in [0.15, 0.2) is 30.5 Å². The summed E-state index contributed by atoms with van der Waals surface area (Å²) >= 11 is 0. The zero-order valence-corrected chi connectivity index (χ0v) is 10.3. The van der Waals surface area contributed by atoms with Crippen molar-refractivity contribution >= 4 is 17.0 Å². The Kier molecular flexibility index (Phi) is 2.83. The van der Waals surface area contributed by atoms with Crippen molar-refractivity contribution in [3.8, 4) is 0 Å². The number of hydrogen-bond acceptors (Lipinski definition) is 4. The van der Waals surface area contributed by atoms with Crippen molar-refractivity contribution in [2.45, 2.75) is 13.5 Å². The van der Waals surface area contributed by atoms with Gasteiger partial charge in [0.25, 0.3) is 0 Å². The number of hydrogen-bond donors (Lipinski definition) is 2. The topological polar surface area (TPSA) is 66.5 Å². The second-order valence-corrected chi connectivity index (χ2v) is 4.17. The van der Waals surface area contributed by atoms with E-state index in [4.69, 9.17) is 0 Å². The van der Waals surface area contributed by atoms with E-state index in [1.54, 1.807) is 18.3 Å². The smallest absolute Gasteiger partial charge is 0.213 e. The van der Waals surface area contributed by atoms with E-state index in [0.717, 1.165) is 16.9 Å². The quantitative estimate of drug-likeness (QED) is 0.707. The van der Waals surface area contributed by atoms with Crippen LogP contribution in [0.4, 0.5) is 10.2 Å². The summed E-state index contributed by atoms with van der Waals surface area (Å²) < 4.78 is 13.0. The molecule has 0 fully saturated rings. The standard InChI is InChI=1S/C13H12FN5/c1-8-12(19-10-5-6-15-13(10)17-8)16-7-9-3-2-4-11(14)18-9/h2-6H,7H2,1H3,(H,15,17)(H,16,19). The second-order valence-electron chi connectivity index (χ2n) is 4.17. The lowest BCUT2D eigenvalue weighted by Crippen LogP contribution is -2.06. The molecule has 0 bridgehead atoms. The van der Waals surface area contributed by atoms with Crippen molar-refractivity contribution in [1.82, 2.24) is 19.9 Å². The molecule has 6 heteroatoms. The number of H-pyrrole nitrogens is 1. The van der Waals surface area contributed by atoms with Crippen LogP contribution in [0.2, 0.25) is 0 Å². The van der Waals surface area contributed by atoms with E-state index < -0.39 is 5.95 Å². The summed E-state index contributed by atoms with van der Waals surface area (Å²) in [5.74, 6) is 0.196. The number of halogens is 1. The molecule has 0 radical (unpaired) electrons. The number of fused-ring (bicyclic) bond motifs is 1. The monoisotopic (exact) mass is 257 g/mol. The fourth-order valence-corrected chi connectivity index (χ4v) is 1.84. The molecular formula is C13H12FN5. The van der Waals surface area contributed by atoms with Gasteiger partial charge in [0, 0.05) is 6.20 Å². The number of nitrogens with one attached hydrogen (secondary N) is 2. The van der Waals surface area contributed by atoms with E-state index in [9.17, 15) is 4.39 Å². The van der Waals surface area contributed by atoms with E-state index >= 15 is 0 Å². The SMILES string of the molecule is Cc1nc2[nH]ccc2nc1NCc1cccc(F)n1. The first-order valence-electron chi connectivity index (χ1n) is 5.89. The molecule has 96 valence electrons. The maximum absolute atomic E-state index is 13.0. The molecule has 2 N–H and O–H groups in total. The van der Waals surface area contributed by atoms with E-state index in [1.165, 1.54) is 6.07 Å². The van der Waals surface area contributed by atoms with E-state index in [-0.39, 0.29) is 0 Å². The lowest BCUT2D eigenvalue weighted by atomic mass is 10.3. The molecule has 0 aliphatic heterocycles. The maximum atomic E-state index is 13.0. The molecule has 19 heavy (non-hydrogen) atoms. The first kappa shape index (κ1) is 11.6. The third kappa shape index (κ3) is 2.37. The Labute approximate surface area is 108 Å². The summed E-state index contributed by atoms with van der Waals surface area (Å²) in [6.45, 7) is 2.28. The molecule has 3 aromatic rings. The molecule has 0 spiro atoms. The summed E-state index contributed by atoms with van der Waals surface area (Å²) in [6.07, 6.45) is 1.79. The third-order valence-electron chi connectivity index (χ3n) is 2.77. The lowest BCUT2D eigenvalue weighted by Gasteiger charge is -2.07. The number of pyridine rings is 1. The summed E-state index contributed by atoms with van der Waals surface area (Å²) in [4.78, 5) is 15.6. The molecule has 0 aliphatic rings. The molecule has 3 aromatic heterocycles. The highest BCUT2D eigenvalue weighted by atomic mass is 19.1. The summed E-state index contributed by atoms with van der Waals surface area (Å²) in [7, 11) is 0. The Morgan fingerprint density at radius 1 is 1.21 bits per heavy atom. The van der Waals surface area contributed by atoms with Gasteiger partial charge in [-0.05, 0) is 25.1 Å². The minimum atomic E-state index is -0.483. The van der Waals surface area contributed by atoms with Gasteiger partial charge in [-0.15, -0.1) is 0 Å². The van der Waals surface area contributed by atoms with Crippen molar-refractivity contribution in [1.29, 1.82) is 0 Å². The Bertz CT molecular complexity index is 722. The van der Waals surface area contributed by atoms with Gasteiger partial charge in [-0.2, -0.15) is 4.39 Å². The second kappa shape index (κ2) is 4.64.